The van der Waals surface area contributed by atoms with Gasteiger partial charge in [-0.25, -0.2) is 13.8 Å². The number of anilines is 2. The van der Waals surface area contributed by atoms with E-state index in [1.165, 1.54) is 4.57 Å². The Balaban J connectivity index is 1.21. The molecular formula is C29H39F2N7O2. The molecule has 40 heavy (non-hydrogen) atoms. The van der Waals surface area contributed by atoms with E-state index < -0.39 is 6.43 Å². The number of aromatic nitrogens is 4. The van der Waals surface area contributed by atoms with Crippen molar-refractivity contribution in [3.05, 3.63) is 36.2 Å². The van der Waals surface area contributed by atoms with Gasteiger partial charge >= 0.3 is 0 Å². The number of nitrogens with zero attached hydrogens (tertiary/aromatic N) is 6. The molecule has 5 heterocycles. The molecule has 3 saturated heterocycles. The van der Waals surface area contributed by atoms with Gasteiger partial charge in [-0.2, -0.15) is 9.97 Å². The molecule has 216 valence electrons. The van der Waals surface area contributed by atoms with Gasteiger partial charge in [0.25, 0.3) is 6.43 Å². The first-order valence-electron chi connectivity index (χ1n) is 14.6. The molecule has 3 aliphatic rings. The van der Waals surface area contributed by atoms with Crippen LogP contribution in [0.1, 0.15) is 51.8 Å². The lowest BCUT2D eigenvalue weighted by molar-refractivity contribution is -0.0693. The van der Waals surface area contributed by atoms with Crippen LogP contribution in [-0.4, -0.2) is 88.6 Å². The van der Waals surface area contributed by atoms with Crippen molar-refractivity contribution in [1.82, 2.24) is 24.4 Å². The van der Waals surface area contributed by atoms with Gasteiger partial charge in [0, 0.05) is 31.7 Å². The molecule has 3 aromatic rings. The minimum absolute atomic E-state index is 0.316. The Bertz CT molecular complexity index is 1280. The van der Waals surface area contributed by atoms with Gasteiger partial charge in [0.05, 0.1) is 36.5 Å². The Morgan fingerprint density at radius 2 is 1.65 bits per heavy atom. The average molecular weight is 556 g/mol. The van der Waals surface area contributed by atoms with E-state index in [1.807, 2.05) is 6.07 Å². The van der Waals surface area contributed by atoms with Crippen LogP contribution in [0.5, 0.6) is 0 Å². The lowest BCUT2D eigenvalue weighted by atomic mass is 9.92. The highest BCUT2D eigenvalue weighted by Gasteiger charge is 2.31. The molecule has 1 aromatic carbocycles. The summed E-state index contributed by atoms with van der Waals surface area (Å²) in [6.07, 6.45) is 2.30. The van der Waals surface area contributed by atoms with Crippen molar-refractivity contribution in [3.63, 3.8) is 0 Å². The van der Waals surface area contributed by atoms with Crippen LogP contribution in [0, 0.1) is 5.92 Å². The second kappa shape index (κ2) is 11.9. The fourth-order valence-electron chi connectivity index (χ4n) is 6.43. The number of nitrogens with one attached hydrogen (secondary N) is 1. The molecule has 0 saturated carbocycles. The number of fused-ring (bicyclic) bond motifs is 1. The number of alkyl halides is 2. The summed E-state index contributed by atoms with van der Waals surface area (Å²) in [6, 6.07) is 9.55. The molecule has 3 atom stereocenters. The number of hydrogen-bond acceptors (Lipinski definition) is 8. The summed E-state index contributed by atoms with van der Waals surface area (Å²) in [6.45, 7) is 9.82. The minimum atomic E-state index is -2.74. The molecular weight excluding hydrogens is 516 g/mol. The third kappa shape index (κ3) is 5.91. The van der Waals surface area contributed by atoms with Gasteiger partial charge in [0.15, 0.2) is 5.82 Å². The molecule has 3 fully saturated rings. The second-order valence-corrected chi connectivity index (χ2v) is 11.3. The number of rotatable bonds is 7. The van der Waals surface area contributed by atoms with E-state index in [4.69, 9.17) is 19.4 Å². The van der Waals surface area contributed by atoms with Crippen LogP contribution < -0.4 is 10.2 Å². The third-order valence-electron chi connectivity index (χ3n) is 8.43. The topological polar surface area (TPSA) is 80.6 Å². The van der Waals surface area contributed by atoms with E-state index in [-0.39, 0.29) is 5.82 Å². The van der Waals surface area contributed by atoms with Gasteiger partial charge in [-0.1, -0.05) is 12.1 Å². The first-order chi connectivity index (χ1) is 19.4. The molecule has 0 amide bonds. The number of ether oxygens (including phenoxy) is 2. The van der Waals surface area contributed by atoms with Crippen LogP contribution in [0.4, 0.5) is 20.5 Å². The number of benzene rings is 1. The summed E-state index contributed by atoms with van der Waals surface area (Å²) in [5, 5.41) is 3.46. The normalized spacial score (nSPS) is 25.1. The molecule has 11 heteroatoms. The summed E-state index contributed by atoms with van der Waals surface area (Å²) in [5.74, 6) is 1.72. The van der Waals surface area contributed by atoms with Gasteiger partial charge in [-0.05, 0) is 70.7 Å². The predicted octanol–water partition coefficient (Wildman–Crippen LogP) is 4.67. The molecule has 3 aliphatic heterocycles. The van der Waals surface area contributed by atoms with Gasteiger partial charge in [-0.3, -0.25) is 4.57 Å². The number of halogens is 2. The number of imidazole rings is 1. The zero-order chi connectivity index (χ0) is 27.6. The Hall–Kier alpha value is -2.89. The Morgan fingerprint density at radius 1 is 0.950 bits per heavy atom. The maximum atomic E-state index is 14.1. The standard InChI is InChI=1S/C29H39F2N7O2/c1-19-15-22(16-20(2)40-19)36-9-7-21(8-10-36)18-32-29-34-25(37-11-13-39-14-12-37)17-26(35-29)38-24-6-4-3-5-23(24)33-28(38)27(30)31/h3-6,17,19-22,27H,7-16,18H2,1-2H3,(H,32,34,35)/t19-,20+,22?. The summed E-state index contributed by atoms with van der Waals surface area (Å²) in [5.41, 5.74) is 1.11. The van der Waals surface area contributed by atoms with E-state index >= 15 is 0 Å². The highest BCUT2D eigenvalue weighted by atomic mass is 19.3. The first-order valence-corrected chi connectivity index (χ1v) is 14.6. The average Bonchev–Trinajstić information content (AvgIpc) is 3.36. The summed E-state index contributed by atoms with van der Waals surface area (Å²) in [7, 11) is 0. The molecule has 0 aliphatic carbocycles. The highest BCUT2D eigenvalue weighted by molar-refractivity contribution is 5.78. The monoisotopic (exact) mass is 555 g/mol. The second-order valence-electron chi connectivity index (χ2n) is 11.3. The lowest BCUT2D eigenvalue weighted by Gasteiger charge is -2.42. The number of hydrogen-bond donors (Lipinski definition) is 1. The lowest BCUT2D eigenvalue weighted by Crippen LogP contribution is -2.48. The molecule has 2 aromatic heterocycles. The van der Waals surface area contributed by atoms with E-state index in [0.717, 1.165) is 45.3 Å². The van der Waals surface area contributed by atoms with Gasteiger partial charge in [-0.15, -0.1) is 0 Å². The van der Waals surface area contributed by atoms with Crippen molar-refractivity contribution in [3.8, 4) is 5.82 Å². The third-order valence-corrected chi connectivity index (χ3v) is 8.43. The van der Waals surface area contributed by atoms with E-state index in [0.29, 0.717) is 79.1 Å². The summed E-state index contributed by atoms with van der Waals surface area (Å²) < 4.78 is 41.2. The molecule has 9 nitrogen and oxygen atoms in total. The Labute approximate surface area is 233 Å². The van der Waals surface area contributed by atoms with Gasteiger partial charge in [0.2, 0.25) is 5.95 Å². The van der Waals surface area contributed by atoms with Crippen molar-refractivity contribution < 1.29 is 18.3 Å². The molecule has 0 spiro atoms. The van der Waals surface area contributed by atoms with Gasteiger partial charge < -0.3 is 24.6 Å². The molecule has 1 N–H and O–H groups in total. The SMILES string of the molecule is C[C@@H]1CC(N2CCC(CNc3nc(N4CCOCC4)cc(-n4c(C(F)F)nc5ccccc54)n3)CC2)C[C@H](C)O1. The number of likely N-dealkylation sites (tertiary alicyclic amines) is 1. The predicted molar refractivity (Wildman–Crippen MR) is 150 cm³/mol. The van der Waals surface area contributed by atoms with E-state index in [1.54, 1.807) is 24.3 Å². The fraction of sp³-hybridized carbons (Fsp3) is 0.621. The Kier molecular flexibility index (Phi) is 8.13. The zero-order valence-electron chi connectivity index (χ0n) is 23.3. The van der Waals surface area contributed by atoms with Crippen molar-refractivity contribution in [2.45, 2.75) is 64.2 Å². The van der Waals surface area contributed by atoms with Gasteiger partial charge in [0.1, 0.15) is 11.6 Å². The fourth-order valence-corrected chi connectivity index (χ4v) is 6.43. The molecule has 6 rings (SSSR count). The number of para-hydroxylation sites is 2. The van der Waals surface area contributed by atoms with Crippen molar-refractivity contribution in [2.24, 2.45) is 5.92 Å². The maximum Gasteiger partial charge on any atom is 0.296 e. The van der Waals surface area contributed by atoms with E-state index in [2.05, 4.69) is 33.9 Å². The minimum Gasteiger partial charge on any atom is -0.378 e. The van der Waals surface area contributed by atoms with Crippen LogP contribution in [-0.2, 0) is 9.47 Å². The van der Waals surface area contributed by atoms with E-state index in [9.17, 15) is 8.78 Å². The quantitative estimate of drug-likeness (QED) is 0.451. The number of morpholine rings is 1. The zero-order valence-corrected chi connectivity index (χ0v) is 23.3. The highest BCUT2D eigenvalue weighted by Crippen LogP contribution is 2.30. The maximum absolute atomic E-state index is 14.1. The first kappa shape index (κ1) is 27.3. The largest absolute Gasteiger partial charge is 0.378 e. The smallest absolute Gasteiger partial charge is 0.296 e. The van der Waals surface area contributed by atoms with Crippen molar-refractivity contribution in [2.75, 3.05) is 56.2 Å². The van der Waals surface area contributed by atoms with Crippen LogP contribution in [0.2, 0.25) is 0 Å². The summed E-state index contributed by atoms with van der Waals surface area (Å²) in [4.78, 5) is 18.5. The molecule has 0 radical (unpaired) electrons. The van der Waals surface area contributed by atoms with Crippen LogP contribution in [0.3, 0.4) is 0 Å². The molecule has 1 unspecified atom stereocenters. The Morgan fingerprint density at radius 3 is 2.38 bits per heavy atom. The molecule has 0 bridgehead atoms. The number of piperidine rings is 1. The van der Waals surface area contributed by atoms with Crippen molar-refractivity contribution >= 4 is 22.8 Å². The van der Waals surface area contributed by atoms with Crippen molar-refractivity contribution in [1.29, 1.82) is 0 Å². The summed E-state index contributed by atoms with van der Waals surface area (Å²) >= 11 is 0. The van der Waals surface area contributed by atoms with Crippen LogP contribution in [0.15, 0.2) is 30.3 Å². The van der Waals surface area contributed by atoms with Crippen LogP contribution in [0.25, 0.3) is 16.9 Å². The van der Waals surface area contributed by atoms with Crippen LogP contribution >= 0.6 is 0 Å².